The maximum Gasteiger partial charge on any atom is 0.203 e. The first-order chi connectivity index (χ1) is 16.7. The number of ether oxygens (including phenoxy) is 4. The third-order valence-corrected chi connectivity index (χ3v) is 6.28. The summed E-state index contributed by atoms with van der Waals surface area (Å²) in [4.78, 5) is 9.93. The lowest BCUT2D eigenvalue weighted by atomic mass is 10.1. The summed E-state index contributed by atoms with van der Waals surface area (Å²) in [6.07, 6.45) is 4.33. The highest BCUT2D eigenvalue weighted by atomic mass is 32.1. The minimum Gasteiger partial charge on any atom is -0.497 e. The zero-order valence-electron chi connectivity index (χ0n) is 19.6. The highest BCUT2D eigenvalue weighted by Crippen LogP contribution is 2.41. The van der Waals surface area contributed by atoms with Gasteiger partial charge in [0.1, 0.15) is 5.75 Å². The molecule has 2 aromatic carbocycles. The van der Waals surface area contributed by atoms with E-state index in [1.165, 1.54) is 5.56 Å². The van der Waals surface area contributed by atoms with Gasteiger partial charge in [0.2, 0.25) is 5.75 Å². The standard InChI is InChI=1S/C26H27N3O4S/c1-30-21-9-7-18(8-10-21)11-13-29-22(17-34-26(29)28-20-6-5-12-27-16-20)19-14-23(31-2)25(33-4)24(15-19)32-3/h5-10,12,14-17H,11,13H2,1-4H3. The van der Waals surface area contributed by atoms with Crippen LogP contribution in [-0.4, -0.2) is 38.0 Å². The Morgan fingerprint density at radius 2 is 1.65 bits per heavy atom. The van der Waals surface area contributed by atoms with Crippen molar-refractivity contribution >= 4 is 17.0 Å². The number of hydrogen-bond acceptors (Lipinski definition) is 7. The Morgan fingerprint density at radius 3 is 2.24 bits per heavy atom. The van der Waals surface area contributed by atoms with E-state index in [1.807, 2.05) is 36.4 Å². The molecule has 0 fully saturated rings. The van der Waals surface area contributed by atoms with Gasteiger partial charge in [-0.2, -0.15) is 0 Å². The molecule has 0 radical (unpaired) electrons. The molecule has 0 saturated carbocycles. The number of methoxy groups -OCH3 is 4. The van der Waals surface area contributed by atoms with Crippen LogP contribution in [0.15, 0.2) is 71.3 Å². The van der Waals surface area contributed by atoms with Crippen LogP contribution < -0.4 is 23.7 Å². The van der Waals surface area contributed by atoms with Crippen molar-refractivity contribution in [3.05, 3.63) is 76.7 Å². The Morgan fingerprint density at radius 1 is 0.912 bits per heavy atom. The van der Waals surface area contributed by atoms with Gasteiger partial charge in [-0.1, -0.05) is 12.1 Å². The zero-order chi connectivity index (χ0) is 23.9. The molecule has 176 valence electrons. The van der Waals surface area contributed by atoms with Crippen molar-refractivity contribution in [2.75, 3.05) is 28.4 Å². The maximum atomic E-state index is 5.58. The van der Waals surface area contributed by atoms with Crippen LogP contribution in [0.4, 0.5) is 5.69 Å². The summed E-state index contributed by atoms with van der Waals surface area (Å²) in [7, 11) is 6.52. The average Bonchev–Trinajstić information content (AvgIpc) is 3.29. The second-order valence-corrected chi connectivity index (χ2v) is 8.23. The van der Waals surface area contributed by atoms with Crippen molar-refractivity contribution < 1.29 is 18.9 Å². The van der Waals surface area contributed by atoms with Crippen molar-refractivity contribution in [3.63, 3.8) is 0 Å². The number of rotatable bonds is 9. The molecule has 0 aliphatic rings. The van der Waals surface area contributed by atoms with E-state index in [1.54, 1.807) is 52.2 Å². The number of benzene rings is 2. The van der Waals surface area contributed by atoms with E-state index < -0.39 is 0 Å². The monoisotopic (exact) mass is 477 g/mol. The first kappa shape index (κ1) is 23.4. The molecule has 0 N–H and O–H groups in total. The van der Waals surface area contributed by atoms with Crippen LogP contribution in [0.5, 0.6) is 23.0 Å². The Bertz CT molecular complexity index is 1270. The number of pyridine rings is 1. The normalized spacial score (nSPS) is 11.4. The van der Waals surface area contributed by atoms with Crippen LogP contribution in [0, 0.1) is 0 Å². The molecular weight excluding hydrogens is 450 g/mol. The van der Waals surface area contributed by atoms with Gasteiger partial charge in [0, 0.05) is 23.7 Å². The summed E-state index contributed by atoms with van der Waals surface area (Å²) < 4.78 is 24.2. The van der Waals surface area contributed by atoms with E-state index in [9.17, 15) is 0 Å². The number of hydrogen-bond donors (Lipinski definition) is 0. The number of aryl methyl sites for hydroxylation is 1. The smallest absolute Gasteiger partial charge is 0.203 e. The van der Waals surface area contributed by atoms with E-state index in [0.717, 1.165) is 40.5 Å². The van der Waals surface area contributed by atoms with Gasteiger partial charge in [-0.15, -0.1) is 11.3 Å². The van der Waals surface area contributed by atoms with Gasteiger partial charge in [0.15, 0.2) is 16.3 Å². The van der Waals surface area contributed by atoms with Crippen molar-refractivity contribution in [2.45, 2.75) is 13.0 Å². The SMILES string of the molecule is COc1ccc(CCn2c(-c3cc(OC)c(OC)c(OC)c3)csc2=Nc2cccnc2)cc1. The van der Waals surface area contributed by atoms with Gasteiger partial charge >= 0.3 is 0 Å². The summed E-state index contributed by atoms with van der Waals surface area (Å²) in [6.45, 7) is 0.737. The average molecular weight is 478 g/mol. The molecule has 0 spiro atoms. The van der Waals surface area contributed by atoms with Gasteiger partial charge in [-0.05, 0) is 48.4 Å². The molecule has 0 bridgehead atoms. The minimum absolute atomic E-state index is 0.564. The van der Waals surface area contributed by atoms with Crippen molar-refractivity contribution in [1.29, 1.82) is 0 Å². The van der Waals surface area contributed by atoms with Crippen molar-refractivity contribution in [2.24, 2.45) is 4.99 Å². The molecule has 0 aliphatic carbocycles. The first-order valence-corrected chi connectivity index (χ1v) is 11.6. The Hall–Kier alpha value is -3.78. The van der Waals surface area contributed by atoms with E-state index in [2.05, 4.69) is 27.1 Å². The highest BCUT2D eigenvalue weighted by molar-refractivity contribution is 7.07. The molecule has 0 aliphatic heterocycles. The molecule has 4 aromatic rings. The van der Waals surface area contributed by atoms with Gasteiger partial charge in [-0.3, -0.25) is 4.98 Å². The Kier molecular flexibility index (Phi) is 7.49. The van der Waals surface area contributed by atoms with Crippen LogP contribution in [0.2, 0.25) is 0 Å². The van der Waals surface area contributed by atoms with E-state index in [4.69, 9.17) is 23.9 Å². The van der Waals surface area contributed by atoms with Crippen LogP contribution in [0.25, 0.3) is 11.3 Å². The fourth-order valence-corrected chi connectivity index (χ4v) is 4.61. The second kappa shape index (κ2) is 10.9. The molecule has 0 atom stereocenters. The Balaban J connectivity index is 1.79. The molecule has 2 aromatic heterocycles. The molecule has 7 nitrogen and oxygen atoms in total. The summed E-state index contributed by atoms with van der Waals surface area (Å²) >= 11 is 1.58. The molecule has 34 heavy (non-hydrogen) atoms. The molecular formula is C26H27N3O4S. The third kappa shape index (κ3) is 5.07. The summed E-state index contributed by atoms with van der Waals surface area (Å²) in [5.41, 5.74) is 3.98. The molecule has 0 saturated heterocycles. The lowest BCUT2D eigenvalue weighted by Crippen LogP contribution is -2.17. The van der Waals surface area contributed by atoms with Crippen LogP contribution in [0.1, 0.15) is 5.56 Å². The number of aromatic nitrogens is 2. The quantitative estimate of drug-likeness (QED) is 0.335. The van der Waals surface area contributed by atoms with E-state index >= 15 is 0 Å². The molecule has 2 heterocycles. The van der Waals surface area contributed by atoms with Gasteiger partial charge in [-0.25, -0.2) is 4.99 Å². The van der Waals surface area contributed by atoms with Crippen molar-refractivity contribution in [3.8, 4) is 34.3 Å². The molecule has 0 unspecified atom stereocenters. The lowest BCUT2D eigenvalue weighted by Gasteiger charge is -2.15. The summed E-state index contributed by atoms with van der Waals surface area (Å²) in [6, 6.07) is 15.9. The van der Waals surface area contributed by atoms with Crippen LogP contribution in [-0.2, 0) is 13.0 Å². The predicted octanol–water partition coefficient (Wildman–Crippen LogP) is 5.12. The fourth-order valence-electron chi connectivity index (χ4n) is 3.66. The summed E-state index contributed by atoms with van der Waals surface area (Å²) in [5, 5.41) is 2.10. The minimum atomic E-state index is 0.564. The largest absolute Gasteiger partial charge is 0.497 e. The van der Waals surface area contributed by atoms with Crippen LogP contribution in [0.3, 0.4) is 0 Å². The molecule has 8 heteroatoms. The van der Waals surface area contributed by atoms with Crippen LogP contribution >= 0.6 is 11.3 Å². The van der Waals surface area contributed by atoms with Crippen molar-refractivity contribution in [1.82, 2.24) is 9.55 Å². The Labute approximate surface area is 202 Å². The van der Waals surface area contributed by atoms with Gasteiger partial charge in [0.05, 0.1) is 46.0 Å². The summed E-state index contributed by atoms with van der Waals surface area (Å²) in [5.74, 6) is 2.62. The highest BCUT2D eigenvalue weighted by Gasteiger charge is 2.17. The number of thiazole rings is 1. The predicted molar refractivity (Wildman–Crippen MR) is 134 cm³/mol. The molecule has 4 rings (SSSR count). The third-order valence-electron chi connectivity index (χ3n) is 5.41. The fraction of sp³-hybridized carbons (Fsp3) is 0.231. The maximum absolute atomic E-state index is 5.58. The zero-order valence-corrected chi connectivity index (χ0v) is 20.5. The van der Waals surface area contributed by atoms with Gasteiger partial charge < -0.3 is 23.5 Å². The topological polar surface area (TPSA) is 67.1 Å². The first-order valence-electron chi connectivity index (χ1n) is 10.7. The van der Waals surface area contributed by atoms with E-state index in [-0.39, 0.29) is 0 Å². The number of nitrogens with zero attached hydrogens (tertiary/aromatic N) is 3. The lowest BCUT2D eigenvalue weighted by molar-refractivity contribution is 0.324. The van der Waals surface area contributed by atoms with E-state index in [0.29, 0.717) is 17.2 Å². The van der Waals surface area contributed by atoms with Gasteiger partial charge in [0.25, 0.3) is 0 Å². The molecule has 0 amide bonds. The second-order valence-electron chi connectivity index (χ2n) is 7.39.